The molecule has 0 aliphatic heterocycles. The van der Waals surface area contributed by atoms with Crippen molar-refractivity contribution in [1.29, 1.82) is 0 Å². The van der Waals surface area contributed by atoms with Gasteiger partial charge in [-0.3, -0.25) is 0 Å². The Bertz CT molecular complexity index is 440. The molecule has 1 N–H and O–H groups in total. The van der Waals surface area contributed by atoms with Crippen LogP contribution in [0.25, 0.3) is 10.9 Å². The van der Waals surface area contributed by atoms with Gasteiger partial charge in [-0.2, -0.15) is 0 Å². The van der Waals surface area contributed by atoms with Crippen LogP contribution in [0.4, 0.5) is 0 Å². The highest BCUT2D eigenvalue weighted by atomic mass is 127. The van der Waals surface area contributed by atoms with Crippen LogP contribution in [-0.4, -0.2) is 9.97 Å². The quantitative estimate of drug-likeness (QED) is 0.567. The van der Waals surface area contributed by atoms with E-state index in [1.807, 2.05) is 6.20 Å². The first-order valence-corrected chi connectivity index (χ1v) is 5.41. The molecule has 0 radical (unpaired) electrons. The topological polar surface area (TPSA) is 28.7 Å². The van der Waals surface area contributed by atoms with Crippen molar-refractivity contribution >= 4 is 61.0 Å². The average Bonchev–Trinajstić information content (AvgIpc) is 2.42. The van der Waals surface area contributed by atoms with Crippen LogP contribution >= 0.6 is 50.1 Å². The molecule has 0 aliphatic carbocycles. The van der Waals surface area contributed by atoms with Crippen LogP contribution in [0.3, 0.4) is 0 Å². The van der Waals surface area contributed by atoms with Gasteiger partial charge in [0.15, 0.2) is 0 Å². The first kappa shape index (κ1) is 8.77. The number of hydrogen-bond acceptors (Lipinski definition) is 1. The molecule has 0 saturated carbocycles. The second kappa shape index (κ2) is 3.16. The Hall–Kier alpha value is 0.190. The molecule has 0 aromatic carbocycles. The van der Waals surface area contributed by atoms with Crippen molar-refractivity contribution < 1.29 is 0 Å². The molecule has 0 aliphatic rings. The third-order valence-corrected chi connectivity index (χ3v) is 3.31. The first-order valence-electron chi connectivity index (χ1n) is 3.16. The van der Waals surface area contributed by atoms with E-state index < -0.39 is 0 Å². The van der Waals surface area contributed by atoms with Crippen molar-refractivity contribution in [2.75, 3.05) is 0 Å². The van der Waals surface area contributed by atoms with Crippen molar-refractivity contribution in [2.24, 2.45) is 0 Å². The minimum absolute atomic E-state index is 0.649. The zero-order chi connectivity index (χ0) is 8.72. The van der Waals surface area contributed by atoms with Crippen molar-refractivity contribution in [3.05, 3.63) is 25.6 Å². The van der Waals surface area contributed by atoms with E-state index in [4.69, 9.17) is 11.6 Å². The predicted molar refractivity (Wildman–Crippen MR) is 61.5 cm³/mol. The van der Waals surface area contributed by atoms with Gasteiger partial charge in [-0.05, 0) is 38.5 Å². The number of rotatable bonds is 0. The van der Waals surface area contributed by atoms with Gasteiger partial charge in [0.2, 0.25) is 0 Å². The molecular formula is C7H3BrClIN2. The zero-order valence-electron chi connectivity index (χ0n) is 5.74. The third kappa shape index (κ3) is 1.25. The normalized spacial score (nSPS) is 10.9. The summed E-state index contributed by atoms with van der Waals surface area (Å²) in [5.41, 5.74) is 0.933. The molecule has 0 saturated heterocycles. The Morgan fingerprint density at radius 3 is 3.00 bits per heavy atom. The number of nitrogens with zero attached hydrogens (tertiary/aromatic N) is 1. The zero-order valence-corrected chi connectivity index (χ0v) is 10.2. The molecule has 62 valence electrons. The fourth-order valence-corrected chi connectivity index (χ4v) is 2.80. The fraction of sp³-hybridized carbons (Fsp3) is 0. The average molecular weight is 357 g/mol. The number of halogens is 3. The lowest BCUT2D eigenvalue weighted by Crippen LogP contribution is -1.78. The lowest BCUT2D eigenvalue weighted by atomic mass is 10.3. The van der Waals surface area contributed by atoms with E-state index in [1.165, 1.54) is 0 Å². The molecule has 2 heterocycles. The van der Waals surface area contributed by atoms with Gasteiger partial charge in [-0.25, -0.2) is 4.98 Å². The van der Waals surface area contributed by atoms with Crippen LogP contribution < -0.4 is 0 Å². The van der Waals surface area contributed by atoms with Crippen molar-refractivity contribution in [3.8, 4) is 0 Å². The second-order valence-electron chi connectivity index (χ2n) is 2.28. The van der Waals surface area contributed by atoms with Crippen molar-refractivity contribution in [3.63, 3.8) is 0 Å². The number of hydrogen-bond donors (Lipinski definition) is 1. The van der Waals surface area contributed by atoms with E-state index in [-0.39, 0.29) is 0 Å². The molecule has 0 atom stereocenters. The molecule has 2 rings (SSSR count). The predicted octanol–water partition coefficient (Wildman–Crippen LogP) is 3.58. The highest BCUT2D eigenvalue weighted by molar-refractivity contribution is 14.1. The molecule has 5 heteroatoms. The van der Waals surface area contributed by atoms with E-state index in [9.17, 15) is 0 Å². The van der Waals surface area contributed by atoms with Gasteiger partial charge < -0.3 is 4.98 Å². The first-order chi connectivity index (χ1) is 5.70. The molecule has 2 aromatic heterocycles. The standard InChI is InChI=1S/C7H3BrClIN2/c8-7-5-4(10)2-11-6(5)3(9)1-12-7/h1-2,11H. The number of H-pyrrole nitrogens is 1. The van der Waals surface area contributed by atoms with Gasteiger partial charge >= 0.3 is 0 Å². The summed E-state index contributed by atoms with van der Waals surface area (Å²) >= 11 is 11.5. The SMILES string of the molecule is Clc1cnc(Br)c2c(I)c[nH]c12. The lowest BCUT2D eigenvalue weighted by Gasteiger charge is -1.95. The van der Waals surface area contributed by atoms with E-state index in [1.54, 1.807) is 6.20 Å². The molecule has 0 fully saturated rings. The van der Waals surface area contributed by atoms with Gasteiger partial charge in [0, 0.05) is 21.4 Å². The summed E-state index contributed by atoms with van der Waals surface area (Å²) in [6, 6.07) is 0. The number of pyridine rings is 1. The summed E-state index contributed by atoms with van der Waals surface area (Å²) in [6.07, 6.45) is 3.53. The molecule has 2 nitrogen and oxygen atoms in total. The maximum atomic E-state index is 5.92. The molecule has 0 amide bonds. The van der Waals surface area contributed by atoms with Crippen LogP contribution in [0.15, 0.2) is 17.0 Å². The minimum Gasteiger partial charge on any atom is -0.359 e. The fourth-order valence-electron chi connectivity index (χ4n) is 1.03. The molecule has 0 spiro atoms. The maximum absolute atomic E-state index is 5.92. The van der Waals surface area contributed by atoms with E-state index in [2.05, 4.69) is 48.5 Å². The monoisotopic (exact) mass is 356 g/mol. The van der Waals surface area contributed by atoms with Crippen molar-refractivity contribution in [2.45, 2.75) is 0 Å². The molecular weight excluding hydrogens is 354 g/mol. The molecule has 0 unspecified atom stereocenters. The second-order valence-corrected chi connectivity index (χ2v) is 4.60. The molecule has 12 heavy (non-hydrogen) atoms. The third-order valence-electron chi connectivity index (χ3n) is 1.57. The van der Waals surface area contributed by atoms with Crippen LogP contribution in [0.2, 0.25) is 5.02 Å². The number of nitrogens with one attached hydrogen (secondary N) is 1. The summed E-state index contributed by atoms with van der Waals surface area (Å²) in [5.74, 6) is 0. The summed E-state index contributed by atoms with van der Waals surface area (Å²) in [4.78, 5) is 7.19. The Morgan fingerprint density at radius 1 is 1.58 bits per heavy atom. The lowest BCUT2D eigenvalue weighted by molar-refractivity contribution is 1.31. The van der Waals surface area contributed by atoms with E-state index in [0.29, 0.717) is 5.02 Å². The summed E-state index contributed by atoms with van der Waals surface area (Å²) in [7, 11) is 0. The summed E-state index contributed by atoms with van der Waals surface area (Å²) in [6.45, 7) is 0. The minimum atomic E-state index is 0.649. The smallest absolute Gasteiger partial charge is 0.116 e. The summed E-state index contributed by atoms with van der Waals surface area (Å²) in [5, 5.41) is 1.69. The number of fused-ring (bicyclic) bond motifs is 1. The van der Waals surface area contributed by atoms with Gasteiger partial charge in [-0.1, -0.05) is 11.6 Å². The molecule has 0 bridgehead atoms. The highest BCUT2D eigenvalue weighted by Gasteiger charge is 2.08. The van der Waals surface area contributed by atoms with Gasteiger partial charge in [-0.15, -0.1) is 0 Å². The van der Waals surface area contributed by atoms with Gasteiger partial charge in [0.1, 0.15) is 4.60 Å². The largest absolute Gasteiger partial charge is 0.359 e. The molecule has 2 aromatic rings. The summed E-state index contributed by atoms with van der Waals surface area (Å²) < 4.78 is 1.94. The van der Waals surface area contributed by atoms with Gasteiger partial charge in [0.25, 0.3) is 0 Å². The van der Waals surface area contributed by atoms with Crippen LogP contribution in [0, 0.1) is 3.57 Å². The van der Waals surface area contributed by atoms with E-state index >= 15 is 0 Å². The van der Waals surface area contributed by atoms with Crippen LogP contribution in [-0.2, 0) is 0 Å². The Labute approximate surface area is 96.0 Å². The highest BCUT2D eigenvalue weighted by Crippen LogP contribution is 2.30. The van der Waals surface area contributed by atoms with Crippen molar-refractivity contribution in [1.82, 2.24) is 9.97 Å². The Morgan fingerprint density at radius 2 is 2.33 bits per heavy atom. The number of aromatic amines is 1. The van der Waals surface area contributed by atoms with Crippen LogP contribution in [0.1, 0.15) is 0 Å². The Kier molecular flexibility index (Phi) is 2.31. The van der Waals surface area contributed by atoms with Gasteiger partial charge in [0.05, 0.1) is 10.5 Å². The van der Waals surface area contributed by atoms with Crippen LogP contribution in [0.5, 0.6) is 0 Å². The van der Waals surface area contributed by atoms with E-state index in [0.717, 1.165) is 19.1 Å². The maximum Gasteiger partial charge on any atom is 0.116 e. The number of aromatic nitrogens is 2. The Balaban J connectivity index is 2.98.